The lowest BCUT2D eigenvalue weighted by Gasteiger charge is -2.23. The summed E-state index contributed by atoms with van der Waals surface area (Å²) in [6.45, 7) is 1.60. The molecular weight excluding hydrogens is 222 g/mol. The Kier molecular flexibility index (Phi) is 5.21. The van der Waals surface area contributed by atoms with Gasteiger partial charge in [-0.05, 0) is 37.7 Å². The van der Waals surface area contributed by atoms with E-state index in [4.69, 9.17) is 10.5 Å². The van der Waals surface area contributed by atoms with Crippen molar-refractivity contribution in [3.63, 3.8) is 0 Å². The first-order valence-corrected chi connectivity index (χ1v) is 7.19. The van der Waals surface area contributed by atoms with E-state index < -0.39 is 0 Å². The van der Waals surface area contributed by atoms with E-state index in [9.17, 15) is 0 Å². The predicted octanol–water partition coefficient (Wildman–Crippen LogP) is 3.30. The van der Waals surface area contributed by atoms with Gasteiger partial charge in [0.25, 0.3) is 0 Å². The van der Waals surface area contributed by atoms with Gasteiger partial charge < -0.3 is 10.5 Å². The molecule has 100 valence electrons. The van der Waals surface area contributed by atoms with Crippen molar-refractivity contribution in [3.8, 4) is 0 Å². The van der Waals surface area contributed by atoms with E-state index in [0.717, 1.165) is 38.9 Å². The van der Waals surface area contributed by atoms with Gasteiger partial charge in [-0.3, -0.25) is 0 Å². The molecule has 1 fully saturated rings. The van der Waals surface area contributed by atoms with Gasteiger partial charge in [0.2, 0.25) is 0 Å². The van der Waals surface area contributed by atoms with Gasteiger partial charge in [0, 0.05) is 12.1 Å². The summed E-state index contributed by atoms with van der Waals surface area (Å²) in [5, 5.41) is 0. The highest BCUT2D eigenvalue weighted by atomic mass is 16.5. The van der Waals surface area contributed by atoms with E-state index in [1.165, 1.54) is 24.8 Å². The zero-order valence-corrected chi connectivity index (χ0v) is 11.2. The van der Waals surface area contributed by atoms with Crippen molar-refractivity contribution in [1.29, 1.82) is 0 Å². The Morgan fingerprint density at radius 2 is 1.78 bits per heavy atom. The zero-order valence-electron chi connectivity index (χ0n) is 11.2. The van der Waals surface area contributed by atoms with Crippen molar-refractivity contribution in [2.24, 2.45) is 5.73 Å². The lowest BCUT2D eigenvalue weighted by molar-refractivity contribution is 0.0842. The lowest BCUT2D eigenvalue weighted by Crippen LogP contribution is -2.41. The molecule has 0 amide bonds. The number of hydrogen-bond acceptors (Lipinski definition) is 2. The third-order valence-electron chi connectivity index (χ3n) is 3.84. The summed E-state index contributed by atoms with van der Waals surface area (Å²) < 4.78 is 5.73. The Labute approximate surface area is 111 Å². The molecule has 2 nitrogen and oxygen atoms in total. The van der Waals surface area contributed by atoms with Crippen molar-refractivity contribution in [3.05, 3.63) is 35.9 Å². The molecule has 1 aliphatic rings. The quantitative estimate of drug-likeness (QED) is 0.750. The number of nitrogens with two attached hydrogens (primary N) is 1. The molecule has 0 heterocycles. The fourth-order valence-corrected chi connectivity index (χ4v) is 2.68. The van der Waals surface area contributed by atoms with Crippen LogP contribution in [0.1, 0.15) is 44.1 Å². The van der Waals surface area contributed by atoms with Gasteiger partial charge in [-0.2, -0.15) is 0 Å². The molecule has 0 aromatic heterocycles. The van der Waals surface area contributed by atoms with Crippen molar-refractivity contribution < 1.29 is 4.74 Å². The summed E-state index contributed by atoms with van der Waals surface area (Å²) in [5.74, 6) is 0. The van der Waals surface area contributed by atoms with Gasteiger partial charge in [0.05, 0.1) is 6.61 Å². The number of rotatable bonds is 7. The summed E-state index contributed by atoms with van der Waals surface area (Å²) in [7, 11) is 0. The smallest absolute Gasteiger partial charge is 0.0646 e. The largest absolute Gasteiger partial charge is 0.380 e. The van der Waals surface area contributed by atoms with Crippen LogP contribution in [0.4, 0.5) is 0 Å². The average Bonchev–Trinajstić information content (AvgIpc) is 2.82. The molecule has 0 unspecified atom stereocenters. The average molecular weight is 247 g/mol. The van der Waals surface area contributed by atoms with Crippen LogP contribution in [0.15, 0.2) is 30.3 Å². The molecule has 1 aromatic rings. The Morgan fingerprint density at radius 1 is 1.06 bits per heavy atom. The minimum Gasteiger partial charge on any atom is -0.380 e. The predicted molar refractivity (Wildman–Crippen MR) is 75.6 cm³/mol. The lowest BCUT2D eigenvalue weighted by atomic mass is 10.0. The van der Waals surface area contributed by atoms with Crippen molar-refractivity contribution in [1.82, 2.24) is 0 Å². The molecule has 1 aliphatic carbocycles. The maximum absolute atomic E-state index is 6.24. The Bertz CT molecular complexity index is 330. The fourth-order valence-electron chi connectivity index (χ4n) is 2.68. The molecular formula is C16H25NO. The van der Waals surface area contributed by atoms with Crippen LogP contribution >= 0.6 is 0 Å². The Balaban J connectivity index is 1.51. The van der Waals surface area contributed by atoms with Crippen molar-refractivity contribution >= 4 is 0 Å². The van der Waals surface area contributed by atoms with Gasteiger partial charge in [0.15, 0.2) is 0 Å². The van der Waals surface area contributed by atoms with Gasteiger partial charge in [0.1, 0.15) is 0 Å². The summed E-state index contributed by atoms with van der Waals surface area (Å²) in [6, 6.07) is 10.6. The van der Waals surface area contributed by atoms with E-state index in [1.54, 1.807) is 0 Å². The van der Waals surface area contributed by atoms with Crippen molar-refractivity contribution in [2.45, 2.75) is 50.5 Å². The van der Waals surface area contributed by atoms with E-state index >= 15 is 0 Å². The van der Waals surface area contributed by atoms with Gasteiger partial charge in [-0.15, -0.1) is 0 Å². The maximum Gasteiger partial charge on any atom is 0.0646 e. The number of aryl methyl sites for hydroxylation is 1. The second-order valence-corrected chi connectivity index (χ2v) is 5.56. The second kappa shape index (κ2) is 6.91. The number of hydrogen-bond donors (Lipinski definition) is 1. The number of ether oxygens (including phenoxy) is 1. The minimum absolute atomic E-state index is 0.0145. The van der Waals surface area contributed by atoms with Crippen LogP contribution in [-0.2, 0) is 11.2 Å². The highest BCUT2D eigenvalue weighted by molar-refractivity contribution is 5.14. The van der Waals surface area contributed by atoms with E-state index in [2.05, 4.69) is 30.3 Å². The first-order chi connectivity index (χ1) is 8.79. The van der Waals surface area contributed by atoms with Crippen LogP contribution < -0.4 is 5.73 Å². The molecule has 0 atom stereocenters. The third kappa shape index (κ3) is 4.43. The number of unbranched alkanes of at least 4 members (excludes halogenated alkanes) is 1. The van der Waals surface area contributed by atoms with E-state index in [0.29, 0.717) is 0 Å². The van der Waals surface area contributed by atoms with E-state index in [-0.39, 0.29) is 5.54 Å². The third-order valence-corrected chi connectivity index (χ3v) is 3.84. The highest BCUT2D eigenvalue weighted by Crippen LogP contribution is 2.27. The maximum atomic E-state index is 6.24. The fraction of sp³-hybridized carbons (Fsp3) is 0.625. The van der Waals surface area contributed by atoms with Crippen molar-refractivity contribution in [2.75, 3.05) is 13.2 Å². The summed E-state index contributed by atoms with van der Waals surface area (Å²) >= 11 is 0. The molecule has 1 aromatic carbocycles. The Morgan fingerprint density at radius 3 is 2.50 bits per heavy atom. The molecule has 0 radical (unpaired) electrons. The monoisotopic (exact) mass is 247 g/mol. The molecule has 2 heteroatoms. The minimum atomic E-state index is -0.0145. The topological polar surface area (TPSA) is 35.2 Å². The highest BCUT2D eigenvalue weighted by Gasteiger charge is 2.29. The van der Waals surface area contributed by atoms with Crippen LogP contribution in [0.3, 0.4) is 0 Å². The standard InChI is InChI=1S/C16H25NO/c17-16(11-5-6-12-16)14-18-13-7-4-10-15-8-2-1-3-9-15/h1-3,8-9H,4-7,10-14,17H2. The molecule has 2 rings (SSSR count). The normalized spacial score (nSPS) is 18.1. The van der Waals surface area contributed by atoms with Crippen LogP contribution in [0.5, 0.6) is 0 Å². The Hall–Kier alpha value is -0.860. The SMILES string of the molecule is NC1(COCCCCc2ccccc2)CCCC1. The molecule has 0 bridgehead atoms. The van der Waals surface area contributed by atoms with Crippen LogP contribution in [0.25, 0.3) is 0 Å². The van der Waals surface area contributed by atoms with Crippen LogP contribution in [0.2, 0.25) is 0 Å². The molecule has 0 saturated heterocycles. The summed E-state index contributed by atoms with van der Waals surface area (Å²) in [4.78, 5) is 0. The van der Waals surface area contributed by atoms with E-state index in [1.807, 2.05) is 0 Å². The number of benzene rings is 1. The van der Waals surface area contributed by atoms with Crippen LogP contribution in [0, 0.1) is 0 Å². The first kappa shape index (κ1) is 13.6. The molecule has 0 spiro atoms. The molecule has 1 saturated carbocycles. The molecule has 18 heavy (non-hydrogen) atoms. The summed E-state index contributed by atoms with van der Waals surface area (Å²) in [5.41, 5.74) is 7.65. The molecule has 0 aliphatic heterocycles. The zero-order chi connectivity index (χ0) is 12.7. The van der Waals surface area contributed by atoms with Crippen LogP contribution in [-0.4, -0.2) is 18.8 Å². The van der Waals surface area contributed by atoms with Gasteiger partial charge in [-0.25, -0.2) is 0 Å². The molecule has 2 N–H and O–H groups in total. The van der Waals surface area contributed by atoms with Gasteiger partial charge >= 0.3 is 0 Å². The van der Waals surface area contributed by atoms with Gasteiger partial charge in [-0.1, -0.05) is 43.2 Å². The first-order valence-electron chi connectivity index (χ1n) is 7.19. The second-order valence-electron chi connectivity index (χ2n) is 5.56. The summed E-state index contributed by atoms with van der Waals surface area (Å²) in [6.07, 6.45) is 8.29.